The van der Waals surface area contributed by atoms with Crippen molar-refractivity contribution in [3.05, 3.63) is 34.4 Å². The minimum Gasteiger partial charge on any atom is -0.481 e. The van der Waals surface area contributed by atoms with Crippen molar-refractivity contribution in [3.63, 3.8) is 0 Å². The largest absolute Gasteiger partial charge is 0.481 e. The molecule has 0 bridgehead atoms. The molecule has 0 spiro atoms. The van der Waals surface area contributed by atoms with E-state index in [4.69, 9.17) is 5.11 Å². The maximum atomic E-state index is 10.7. The first-order valence-corrected chi connectivity index (χ1v) is 7.96. The first kappa shape index (κ1) is 16.0. The van der Waals surface area contributed by atoms with E-state index in [-0.39, 0.29) is 0 Å². The number of piperidine rings is 1. The summed E-state index contributed by atoms with van der Waals surface area (Å²) in [5.74, 6) is -0.127. The van der Waals surface area contributed by atoms with Gasteiger partial charge in [-0.1, -0.05) is 17.7 Å². The maximum absolute atomic E-state index is 10.7. The van der Waals surface area contributed by atoms with Gasteiger partial charge in [0.15, 0.2) is 0 Å². The van der Waals surface area contributed by atoms with Crippen LogP contribution in [-0.2, 0) is 11.3 Å². The van der Waals surface area contributed by atoms with Crippen LogP contribution in [0, 0.1) is 26.7 Å². The maximum Gasteiger partial charge on any atom is 0.303 e. The zero-order chi connectivity index (χ0) is 15.4. The van der Waals surface area contributed by atoms with Crippen molar-refractivity contribution < 1.29 is 9.90 Å². The molecular formula is C18H27NO2. The van der Waals surface area contributed by atoms with Crippen LogP contribution in [0.5, 0.6) is 0 Å². The molecule has 0 radical (unpaired) electrons. The lowest BCUT2D eigenvalue weighted by Gasteiger charge is -2.33. The van der Waals surface area contributed by atoms with Crippen LogP contribution in [0.25, 0.3) is 0 Å². The molecule has 0 aliphatic carbocycles. The molecule has 1 unspecified atom stereocenters. The molecule has 0 aromatic heterocycles. The van der Waals surface area contributed by atoms with Gasteiger partial charge in [0.05, 0.1) is 0 Å². The predicted octanol–water partition coefficient (Wildman–Crippen LogP) is 3.69. The lowest BCUT2D eigenvalue weighted by atomic mass is 9.92. The summed E-state index contributed by atoms with van der Waals surface area (Å²) >= 11 is 0. The second-order valence-electron chi connectivity index (χ2n) is 6.55. The number of aliphatic carboxylic acids is 1. The first-order chi connectivity index (χ1) is 9.95. The van der Waals surface area contributed by atoms with Crippen LogP contribution in [0.2, 0.25) is 0 Å². The van der Waals surface area contributed by atoms with E-state index in [0.717, 1.165) is 26.1 Å². The monoisotopic (exact) mass is 289 g/mol. The SMILES string of the molecule is Cc1cc(C)c(CN2CCCC(CCC(=O)O)C2)c(C)c1. The van der Waals surface area contributed by atoms with E-state index in [1.54, 1.807) is 0 Å². The summed E-state index contributed by atoms with van der Waals surface area (Å²) in [5, 5.41) is 8.83. The Morgan fingerprint density at radius 1 is 1.29 bits per heavy atom. The Bertz CT molecular complexity index is 487. The summed E-state index contributed by atoms with van der Waals surface area (Å²) in [5.41, 5.74) is 5.52. The summed E-state index contributed by atoms with van der Waals surface area (Å²) < 4.78 is 0. The number of nitrogens with zero attached hydrogens (tertiary/aromatic N) is 1. The smallest absolute Gasteiger partial charge is 0.303 e. The summed E-state index contributed by atoms with van der Waals surface area (Å²) in [6, 6.07) is 4.52. The molecule has 0 saturated carbocycles. The highest BCUT2D eigenvalue weighted by atomic mass is 16.4. The molecule has 1 saturated heterocycles. The second kappa shape index (κ2) is 7.08. The van der Waals surface area contributed by atoms with E-state index in [2.05, 4.69) is 37.8 Å². The van der Waals surface area contributed by atoms with Crippen LogP contribution < -0.4 is 0 Å². The van der Waals surface area contributed by atoms with Crippen molar-refractivity contribution in [1.82, 2.24) is 4.90 Å². The van der Waals surface area contributed by atoms with Gasteiger partial charge in [-0.2, -0.15) is 0 Å². The first-order valence-electron chi connectivity index (χ1n) is 7.96. The third-order valence-electron chi connectivity index (χ3n) is 4.59. The summed E-state index contributed by atoms with van der Waals surface area (Å²) in [7, 11) is 0. The fourth-order valence-corrected chi connectivity index (χ4v) is 3.54. The lowest BCUT2D eigenvalue weighted by Crippen LogP contribution is -2.35. The van der Waals surface area contributed by atoms with Gasteiger partial charge in [-0.15, -0.1) is 0 Å². The van der Waals surface area contributed by atoms with Gasteiger partial charge in [-0.25, -0.2) is 0 Å². The number of carbonyl (C=O) groups is 1. The fraction of sp³-hybridized carbons (Fsp3) is 0.611. The number of likely N-dealkylation sites (tertiary alicyclic amines) is 1. The molecule has 1 aliphatic heterocycles. The second-order valence-corrected chi connectivity index (χ2v) is 6.55. The average Bonchev–Trinajstić information content (AvgIpc) is 2.41. The van der Waals surface area contributed by atoms with Gasteiger partial charge in [0.25, 0.3) is 0 Å². The molecule has 3 nitrogen and oxygen atoms in total. The number of benzene rings is 1. The van der Waals surface area contributed by atoms with Crippen molar-refractivity contribution in [1.29, 1.82) is 0 Å². The van der Waals surface area contributed by atoms with Crippen molar-refractivity contribution in [2.75, 3.05) is 13.1 Å². The topological polar surface area (TPSA) is 40.5 Å². The molecule has 1 aromatic carbocycles. The van der Waals surface area contributed by atoms with Crippen LogP contribution in [0.3, 0.4) is 0 Å². The summed E-state index contributed by atoms with van der Waals surface area (Å²) in [6.07, 6.45) is 3.49. The van der Waals surface area contributed by atoms with E-state index in [0.29, 0.717) is 12.3 Å². The molecule has 2 rings (SSSR count). The fourth-order valence-electron chi connectivity index (χ4n) is 3.54. The van der Waals surface area contributed by atoms with E-state index in [1.165, 1.54) is 35.1 Å². The van der Waals surface area contributed by atoms with Gasteiger partial charge in [0.1, 0.15) is 0 Å². The molecule has 1 N–H and O–H groups in total. The summed E-state index contributed by atoms with van der Waals surface area (Å²) in [6.45, 7) is 9.72. The Hall–Kier alpha value is -1.35. The molecule has 1 atom stereocenters. The standard InChI is InChI=1S/C18H27NO2/c1-13-9-14(2)17(15(3)10-13)12-19-8-4-5-16(11-19)6-7-18(20)21/h9-10,16H,4-8,11-12H2,1-3H3,(H,20,21). The highest BCUT2D eigenvalue weighted by molar-refractivity contribution is 5.66. The molecule has 3 heteroatoms. The van der Waals surface area contributed by atoms with Crippen LogP contribution in [0.4, 0.5) is 0 Å². The van der Waals surface area contributed by atoms with Crippen molar-refractivity contribution in [2.45, 2.75) is 53.0 Å². The third-order valence-corrected chi connectivity index (χ3v) is 4.59. The van der Waals surface area contributed by atoms with Crippen LogP contribution >= 0.6 is 0 Å². The lowest BCUT2D eigenvalue weighted by molar-refractivity contribution is -0.137. The Labute approximate surface area is 128 Å². The highest BCUT2D eigenvalue weighted by Gasteiger charge is 2.21. The molecule has 1 heterocycles. The molecule has 1 fully saturated rings. The van der Waals surface area contributed by atoms with Crippen molar-refractivity contribution in [2.24, 2.45) is 5.92 Å². The Morgan fingerprint density at radius 2 is 1.95 bits per heavy atom. The third kappa shape index (κ3) is 4.57. The van der Waals surface area contributed by atoms with E-state index >= 15 is 0 Å². The van der Waals surface area contributed by atoms with Crippen LogP contribution in [-0.4, -0.2) is 29.1 Å². The van der Waals surface area contributed by atoms with Gasteiger partial charge in [-0.05, 0) is 69.2 Å². The number of hydrogen-bond donors (Lipinski definition) is 1. The Balaban J connectivity index is 1.98. The number of carboxylic acid groups (broad SMARTS) is 1. The quantitative estimate of drug-likeness (QED) is 0.898. The van der Waals surface area contributed by atoms with Crippen molar-refractivity contribution in [3.8, 4) is 0 Å². The van der Waals surface area contributed by atoms with E-state index in [9.17, 15) is 4.79 Å². The number of rotatable bonds is 5. The molecule has 21 heavy (non-hydrogen) atoms. The molecule has 0 amide bonds. The van der Waals surface area contributed by atoms with Crippen molar-refractivity contribution >= 4 is 5.97 Å². The molecule has 1 aromatic rings. The van der Waals surface area contributed by atoms with Gasteiger partial charge >= 0.3 is 5.97 Å². The van der Waals surface area contributed by atoms with Crippen LogP contribution in [0.1, 0.15) is 47.9 Å². The molecular weight excluding hydrogens is 262 g/mol. The minimum absolute atomic E-state index is 0.307. The number of carboxylic acids is 1. The zero-order valence-electron chi connectivity index (χ0n) is 13.5. The van der Waals surface area contributed by atoms with E-state index in [1.807, 2.05) is 0 Å². The van der Waals surface area contributed by atoms with Gasteiger partial charge in [-0.3, -0.25) is 9.69 Å². The number of hydrogen-bond acceptors (Lipinski definition) is 2. The molecule has 116 valence electrons. The van der Waals surface area contributed by atoms with Gasteiger partial charge in [0, 0.05) is 19.5 Å². The predicted molar refractivity (Wildman–Crippen MR) is 85.5 cm³/mol. The van der Waals surface area contributed by atoms with E-state index < -0.39 is 5.97 Å². The molecule has 1 aliphatic rings. The summed E-state index contributed by atoms with van der Waals surface area (Å²) in [4.78, 5) is 13.2. The van der Waals surface area contributed by atoms with Crippen LogP contribution in [0.15, 0.2) is 12.1 Å². The zero-order valence-corrected chi connectivity index (χ0v) is 13.5. The Morgan fingerprint density at radius 3 is 2.57 bits per heavy atom. The van der Waals surface area contributed by atoms with Gasteiger partial charge < -0.3 is 5.11 Å². The number of aryl methyl sites for hydroxylation is 3. The van der Waals surface area contributed by atoms with Gasteiger partial charge in [0.2, 0.25) is 0 Å². The highest BCUT2D eigenvalue weighted by Crippen LogP contribution is 2.25. The normalized spacial score (nSPS) is 19.7. The Kier molecular flexibility index (Phi) is 5.40. The minimum atomic E-state index is -0.669. The average molecular weight is 289 g/mol.